The van der Waals surface area contributed by atoms with Crippen LogP contribution < -0.4 is 5.32 Å². The topological polar surface area (TPSA) is 39.1 Å². The van der Waals surface area contributed by atoms with Gasteiger partial charge in [0.1, 0.15) is 0 Å². The Kier molecular flexibility index (Phi) is 7.20. The van der Waals surface area contributed by atoms with Gasteiger partial charge in [-0.3, -0.25) is 4.68 Å². The standard InChI is InChI=1S/C16H28BrN3O/c1-3-14-16(17)15(20(4-2)19-14)12-18-10-11-21-13-8-6-5-7-9-13/h13,18H,3-12H2,1-2H3. The number of hydrogen-bond acceptors (Lipinski definition) is 3. The maximum atomic E-state index is 5.94. The summed E-state index contributed by atoms with van der Waals surface area (Å²) in [6.45, 7) is 7.74. The number of nitrogens with one attached hydrogen (secondary N) is 1. The Morgan fingerprint density at radius 3 is 2.71 bits per heavy atom. The number of rotatable bonds is 8. The predicted molar refractivity (Wildman–Crippen MR) is 89.5 cm³/mol. The predicted octanol–water partition coefficient (Wildman–Crippen LogP) is 3.67. The minimum Gasteiger partial charge on any atom is -0.377 e. The van der Waals surface area contributed by atoms with Gasteiger partial charge in [0.25, 0.3) is 0 Å². The highest BCUT2D eigenvalue weighted by Crippen LogP contribution is 2.22. The summed E-state index contributed by atoms with van der Waals surface area (Å²) < 4.78 is 9.18. The molecule has 1 N–H and O–H groups in total. The zero-order valence-corrected chi connectivity index (χ0v) is 14.9. The van der Waals surface area contributed by atoms with Gasteiger partial charge in [-0.1, -0.05) is 26.2 Å². The Morgan fingerprint density at radius 1 is 1.29 bits per heavy atom. The molecule has 0 saturated heterocycles. The zero-order valence-electron chi connectivity index (χ0n) is 13.3. The highest BCUT2D eigenvalue weighted by molar-refractivity contribution is 9.10. The third-order valence-electron chi connectivity index (χ3n) is 4.17. The van der Waals surface area contributed by atoms with E-state index in [4.69, 9.17) is 4.74 Å². The maximum absolute atomic E-state index is 5.94. The molecule has 120 valence electrons. The van der Waals surface area contributed by atoms with E-state index in [1.165, 1.54) is 37.8 Å². The molecule has 1 fully saturated rings. The smallest absolute Gasteiger partial charge is 0.0767 e. The van der Waals surface area contributed by atoms with Gasteiger partial charge in [-0.05, 0) is 42.1 Å². The van der Waals surface area contributed by atoms with Crippen LogP contribution in [-0.2, 0) is 24.2 Å². The minimum atomic E-state index is 0.500. The zero-order chi connectivity index (χ0) is 15.1. The fourth-order valence-electron chi connectivity index (χ4n) is 2.92. The van der Waals surface area contributed by atoms with Gasteiger partial charge in [0.05, 0.1) is 28.6 Å². The fourth-order valence-corrected chi connectivity index (χ4v) is 3.63. The largest absolute Gasteiger partial charge is 0.377 e. The average molecular weight is 358 g/mol. The molecule has 0 spiro atoms. The average Bonchev–Trinajstić information content (AvgIpc) is 2.84. The first-order chi connectivity index (χ1) is 10.3. The van der Waals surface area contributed by atoms with Gasteiger partial charge in [-0.25, -0.2) is 0 Å². The maximum Gasteiger partial charge on any atom is 0.0767 e. The second-order valence-corrected chi connectivity index (χ2v) is 6.48. The molecule has 2 rings (SSSR count). The lowest BCUT2D eigenvalue weighted by Crippen LogP contribution is -2.25. The molecule has 1 heterocycles. The van der Waals surface area contributed by atoms with E-state index in [1.54, 1.807) is 0 Å². The molecule has 0 aliphatic heterocycles. The van der Waals surface area contributed by atoms with Crippen molar-refractivity contribution in [1.29, 1.82) is 0 Å². The van der Waals surface area contributed by atoms with Gasteiger partial charge in [-0.15, -0.1) is 0 Å². The van der Waals surface area contributed by atoms with E-state index in [-0.39, 0.29) is 0 Å². The van der Waals surface area contributed by atoms with Crippen LogP contribution in [0, 0.1) is 0 Å². The van der Waals surface area contributed by atoms with E-state index >= 15 is 0 Å². The normalized spacial score (nSPS) is 16.5. The number of aryl methyl sites for hydroxylation is 2. The molecule has 1 aromatic rings. The highest BCUT2D eigenvalue weighted by atomic mass is 79.9. The van der Waals surface area contributed by atoms with Crippen molar-refractivity contribution >= 4 is 15.9 Å². The van der Waals surface area contributed by atoms with E-state index in [0.29, 0.717) is 6.10 Å². The molecule has 0 radical (unpaired) electrons. The van der Waals surface area contributed by atoms with Crippen molar-refractivity contribution in [3.8, 4) is 0 Å². The molecule has 0 atom stereocenters. The Labute approximate surface area is 136 Å². The van der Waals surface area contributed by atoms with E-state index in [2.05, 4.69) is 44.9 Å². The Balaban J connectivity index is 1.71. The first-order valence-corrected chi connectivity index (χ1v) is 9.11. The molecule has 0 aromatic carbocycles. The molecule has 21 heavy (non-hydrogen) atoms. The first kappa shape index (κ1) is 17.0. The Morgan fingerprint density at radius 2 is 2.05 bits per heavy atom. The van der Waals surface area contributed by atoms with Crippen LogP contribution in [0.25, 0.3) is 0 Å². The van der Waals surface area contributed by atoms with Gasteiger partial charge in [0.2, 0.25) is 0 Å². The summed E-state index contributed by atoms with van der Waals surface area (Å²) in [5.41, 5.74) is 2.39. The number of aromatic nitrogens is 2. The van der Waals surface area contributed by atoms with E-state index < -0.39 is 0 Å². The number of ether oxygens (including phenoxy) is 1. The Bertz CT molecular complexity index is 427. The van der Waals surface area contributed by atoms with Gasteiger partial charge in [-0.2, -0.15) is 5.10 Å². The summed E-state index contributed by atoms with van der Waals surface area (Å²) in [6, 6.07) is 0. The van der Waals surface area contributed by atoms with E-state index in [9.17, 15) is 0 Å². The molecule has 4 nitrogen and oxygen atoms in total. The molecule has 5 heteroatoms. The Hall–Kier alpha value is -0.390. The number of nitrogens with zero attached hydrogens (tertiary/aromatic N) is 2. The summed E-state index contributed by atoms with van der Waals surface area (Å²) in [4.78, 5) is 0. The number of hydrogen-bond donors (Lipinski definition) is 1. The monoisotopic (exact) mass is 357 g/mol. The van der Waals surface area contributed by atoms with Crippen molar-refractivity contribution in [3.63, 3.8) is 0 Å². The molecule has 1 aliphatic rings. The van der Waals surface area contributed by atoms with E-state index in [0.717, 1.165) is 42.8 Å². The molecule has 0 bridgehead atoms. The van der Waals surface area contributed by atoms with Gasteiger partial charge in [0.15, 0.2) is 0 Å². The summed E-state index contributed by atoms with van der Waals surface area (Å²) >= 11 is 3.68. The fraction of sp³-hybridized carbons (Fsp3) is 0.812. The second-order valence-electron chi connectivity index (χ2n) is 5.68. The van der Waals surface area contributed by atoms with E-state index in [1.807, 2.05) is 0 Å². The van der Waals surface area contributed by atoms with Crippen LogP contribution in [0.15, 0.2) is 4.47 Å². The van der Waals surface area contributed by atoms with Crippen molar-refractivity contribution in [2.24, 2.45) is 0 Å². The van der Waals surface area contributed by atoms with Gasteiger partial charge in [0, 0.05) is 19.6 Å². The molecule has 1 aliphatic carbocycles. The van der Waals surface area contributed by atoms with Crippen molar-refractivity contribution in [3.05, 3.63) is 15.9 Å². The lowest BCUT2D eigenvalue weighted by atomic mass is 9.98. The van der Waals surface area contributed by atoms with Crippen LogP contribution in [0.2, 0.25) is 0 Å². The van der Waals surface area contributed by atoms with Crippen LogP contribution in [0.1, 0.15) is 57.3 Å². The van der Waals surface area contributed by atoms with Crippen molar-refractivity contribution in [2.45, 2.75) is 71.6 Å². The van der Waals surface area contributed by atoms with Crippen LogP contribution in [-0.4, -0.2) is 29.0 Å². The van der Waals surface area contributed by atoms with Crippen LogP contribution in [0.3, 0.4) is 0 Å². The summed E-state index contributed by atoms with van der Waals surface area (Å²) in [5, 5.41) is 8.10. The van der Waals surface area contributed by atoms with Gasteiger partial charge < -0.3 is 10.1 Å². The lowest BCUT2D eigenvalue weighted by molar-refractivity contribution is 0.0302. The summed E-state index contributed by atoms with van der Waals surface area (Å²) in [7, 11) is 0. The molecule has 0 amide bonds. The van der Waals surface area contributed by atoms with Crippen LogP contribution in [0.5, 0.6) is 0 Å². The molecular formula is C16H28BrN3O. The van der Waals surface area contributed by atoms with Crippen molar-refractivity contribution < 1.29 is 4.74 Å². The minimum absolute atomic E-state index is 0.500. The quantitative estimate of drug-likeness (QED) is 0.721. The van der Waals surface area contributed by atoms with Crippen molar-refractivity contribution in [1.82, 2.24) is 15.1 Å². The van der Waals surface area contributed by atoms with Gasteiger partial charge >= 0.3 is 0 Å². The third-order valence-corrected chi connectivity index (χ3v) is 5.09. The molecule has 1 aromatic heterocycles. The molecule has 0 unspecified atom stereocenters. The summed E-state index contributed by atoms with van der Waals surface area (Å²) in [6.07, 6.45) is 8.00. The SMILES string of the molecule is CCc1nn(CC)c(CNCCOC2CCCCC2)c1Br. The third kappa shape index (κ3) is 4.80. The number of halogens is 1. The van der Waals surface area contributed by atoms with Crippen LogP contribution >= 0.6 is 15.9 Å². The first-order valence-electron chi connectivity index (χ1n) is 8.32. The molecule has 1 saturated carbocycles. The van der Waals surface area contributed by atoms with Crippen LogP contribution in [0.4, 0.5) is 0 Å². The second kappa shape index (κ2) is 8.91. The summed E-state index contributed by atoms with van der Waals surface area (Å²) in [5.74, 6) is 0. The molecular weight excluding hydrogens is 330 g/mol. The highest BCUT2D eigenvalue weighted by Gasteiger charge is 2.14. The van der Waals surface area contributed by atoms with Crippen molar-refractivity contribution in [2.75, 3.05) is 13.2 Å². The lowest BCUT2D eigenvalue weighted by Gasteiger charge is -2.22.